The molecule has 3 N–H and O–H groups in total. The number of amides is 1. The molecule has 8 heteroatoms. The molecule has 0 unspecified atom stereocenters. The maximum absolute atomic E-state index is 14.0. The first-order chi connectivity index (χ1) is 14.9. The summed E-state index contributed by atoms with van der Waals surface area (Å²) in [5, 5.41) is 3.81. The average Bonchev–Trinajstić information content (AvgIpc) is 3.12. The van der Waals surface area contributed by atoms with Crippen LogP contribution in [-0.2, 0) is 17.6 Å². The van der Waals surface area contributed by atoms with Gasteiger partial charge in [-0.2, -0.15) is 0 Å². The molecule has 0 saturated heterocycles. The topological polar surface area (TPSA) is 90.6 Å². The average molecular weight is 422 g/mol. The zero-order valence-corrected chi connectivity index (χ0v) is 16.7. The van der Waals surface area contributed by atoms with Gasteiger partial charge in [-0.1, -0.05) is 18.2 Å². The second kappa shape index (κ2) is 8.51. The lowest BCUT2D eigenvalue weighted by atomic mass is 10.0. The molecule has 1 atom stereocenters. The van der Waals surface area contributed by atoms with Crippen LogP contribution in [-0.4, -0.2) is 20.9 Å². The van der Waals surface area contributed by atoms with Crippen LogP contribution in [0.1, 0.15) is 28.7 Å². The predicted octanol–water partition coefficient (Wildman–Crippen LogP) is 3.48. The number of carbonyl (C=O) groups excluding carboxylic acids is 1. The van der Waals surface area contributed by atoms with Gasteiger partial charge in [0.15, 0.2) is 0 Å². The van der Waals surface area contributed by atoms with Crippen LogP contribution in [0, 0.1) is 18.6 Å². The van der Waals surface area contributed by atoms with Gasteiger partial charge < -0.3 is 15.3 Å². The van der Waals surface area contributed by atoms with E-state index in [2.05, 4.69) is 20.3 Å². The smallest absolute Gasteiger partial charge is 0.251 e. The highest BCUT2D eigenvalue weighted by atomic mass is 19.1. The Hall–Kier alpha value is -3.81. The third-order valence-corrected chi connectivity index (χ3v) is 5.03. The van der Waals surface area contributed by atoms with Crippen LogP contribution in [0.5, 0.6) is 0 Å². The zero-order chi connectivity index (χ0) is 22.0. The predicted molar refractivity (Wildman–Crippen MR) is 113 cm³/mol. The number of hydrogen-bond donors (Lipinski definition) is 3. The van der Waals surface area contributed by atoms with Crippen molar-refractivity contribution in [3.05, 3.63) is 99.4 Å². The maximum atomic E-state index is 14.0. The van der Waals surface area contributed by atoms with Gasteiger partial charge in [0.2, 0.25) is 5.91 Å². The Morgan fingerprint density at radius 3 is 2.74 bits per heavy atom. The number of benzene rings is 2. The summed E-state index contributed by atoms with van der Waals surface area (Å²) in [7, 11) is 0. The molecule has 0 bridgehead atoms. The Labute approximate surface area is 176 Å². The number of aryl methyl sites for hydroxylation is 1. The molecular formula is C23H20F2N4O2. The van der Waals surface area contributed by atoms with E-state index in [0.717, 1.165) is 34.7 Å². The Morgan fingerprint density at radius 1 is 1.13 bits per heavy atom. The molecule has 4 rings (SSSR count). The van der Waals surface area contributed by atoms with Gasteiger partial charge in [0, 0.05) is 35.2 Å². The second-order valence-electron chi connectivity index (χ2n) is 7.35. The van der Waals surface area contributed by atoms with Crippen LogP contribution in [0.2, 0.25) is 0 Å². The normalized spacial score (nSPS) is 12.1. The first-order valence-corrected chi connectivity index (χ1v) is 9.75. The summed E-state index contributed by atoms with van der Waals surface area (Å²) in [6, 6.07) is 11.4. The van der Waals surface area contributed by atoms with E-state index in [1.807, 2.05) is 30.5 Å². The summed E-state index contributed by atoms with van der Waals surface area (Å²) in [4.78, 5) is 34.8. The number of nitrogens with one attached hydrogen (secondary N) is 3. The first kappa shape index (κ1) is 20.5. The minimum absolute atomic E-state index is 0.0432. The molecule has 158 valence electrons. The first-order valence-electron chi connectivity index (χ1n) is 9.75. The minimum atomic E-state index is -0.658. The minimum Gasteiger partial charge on any atom is -0.361 e. The van der Waals surface area contributed by atoms with Crippen molar-refractivity contribution in [2.45, 2.75) is 25.8 Å². The summed E-state index contributed by atoms with van der Waals surface area (Å²) in [5.74, 6) is -1.37. The van der Waals surface area contributed by atoms with E-state index in [1.54, 1.807) is 6.92 Å². The molecule has 0 aliphatic carbocycles. The number of hydrogen-bond acceptors (Lipinski definition) is 3. The summed E-state index contributed by atoms with van der Waals surface area (Å²) in [6.07, 6.45) is 1.86. The van der Waals surface area contributed by atoms with E-state index in [4.69, 9.17) is 0 Å². The van der Waals surface area contributed by atoms with Crippen molar-refractivity contribution in [2.24, 2.45) is 0 Å². The van der Waals surface area contributed by atoms with E-state index in [1.165, 1.54) is 6.07 Å². The fourth-order valence-corrected chi connectivity index (χ4v) is 3.63. The number of carbonyl (C=O) groups is 1. The van der Waals surface area contributed by atoms with Gasteiger partial charge in [-0.25, -0.2) is 13.8 Å². The van der Waals surface area contributed by atoms with Gasteiger partial charge in [-0.05, 0) is 36.8 Å². The molecule has 0 fully saturated rings. The SMILES string of the molecule is Cc1nc([C@H](Cc2c[nH]c3ccccc23)NC(=O)Cc2cc(F)ccc2F)cc(=O)[nH]1. The number of aromatic amines is 2. The van der Waals surface area contributed by atoms with Crippen LogP contribution in [0.3, 0.4) is 0 Å². The second-order valence-corrected chi connectivity index (χ2v) is 7.35. The van der Waals surface area contributed by atoms with Crippen molar-refractivity contribution in [3.8, 4) is 0 Å². The van der Waals surface area contributed by atoms with Gasteiger partial charge in [-0.15, -0.1) is 0 Å². The molecule has 0 saturated carbocycles. The summed E-state index contributed by atoms with van der Waals surface area (Å²) in [6.45, 7) is 1.65. The van der Waals surface area contributed by atoms with Crippen molar-refractivity contribution in [1.29, 1.82) is 0 Å². The van der Waals surface area contributed by atoms with Crippen molar-refractivity contribution < 1.29 is 13.6 Å². The molecule has 1 amide bonds. The molecule has 2 aromatic heterocycles. The molecule has 6 nitrogen and oxygen atoms in total. The number of H-pyrrole nitrogens is 2. The van der Waals surface area contributed by atoms with Gasteiger partial charge in [-0.3, -0.25) is 9.59 Å². The molecule has 0 aliphatic heterocycles. The lowest BCUT2D eigenvalue weighted by Crippen LogP contribution is -2.33. The van der Waals surface area contributed by atoms with Gasteiger partial charge in [0.05, 0.1) is 18.2 Å². The zero-order valence-electron chi connectivity index (χ0n) is 16.7. The van der Waals surface area contributed by atoms with Crippen LogP contribution < -0.4 is 10.9 Å². The van der Waals surface area contributed by atoms with Crippen LogP contribution >= 0.6 is 0 Å². The van der Waals surface area contributed by atoms with E-state index in [9.17, 15) is 18.4 Å². The van der Waals surface area contributed by atoms with E-state index >= 15 is 0 Å². The van der Waals surface area contributed by atoms with E-state index in [0.29, 0.717) is 17.9 Å². The van der Waals surface area contributed by atoms with E-state index in [-0.39, 0.29) is 17.5 Å². The molecule has 2 aromatic carbocycles. The number of rotatable bonds is 6. The number of para-hydroxylation sites is 1. The third kappa shape index (κ3) is 4.69. The van der Waals surface area contributed by atoms with Crippen molar-refractivity contribution >= 4 is 16.8 Å². The molecule has 4 aromatic rings. The highest BCUT2D eigenvalue weighted by Gasteiger charge is 2.20. The summed E-state index contributed by atoms with van der Waals surface area (Å²) < 4.78 is 27.4. The highest BCUT2D eigenvalue weighted by Crippen LogP contribution is 2.24. The van der Waals surface area contributed by atoms with Crippen molar-refractivity contribution in [2.75, 3.05) is 0 Å². The Bertz CT molecular complexity index is 1310. The van der Waals surface area contributed by atoms with Crippen LogP contribution in [0.25, 0.3) is 10.9 Å². The maximum Gasteiger partial charge on any atom is 0.251 e. The molecule has 0 aliphatic rings. The van der Waals surface area contributed by atoms with Gasteiger partial charge >= 0.3 is 0 Å². The summed E-state index contributed by atoms with van der Waals surface area (Å²) in [5.41, 5.74) is 1.88. The van der Waals surface area contributed by atoms with E-state index < -0.39 is 23.6 Å². The fourth-order valence-electron chi connectivity index (χ4n) is 3.63. The molecule has 2 heterocycles. The highest BCUT2D eigenvalue weighted by molar-refractivity contribution is 5.83. The Morgan fingerprint density at radius 2 is 1.94 bits per heavy atom. The van der Waals surface area contributed by atoms with Crippen LogP contribution in [0.15, 0.2) is 59.5 Å². The summed E-state index contributed by atoms with van der Waals surface area (Å²) >= 11 is 0. The van der Waals surface area contributed by atoms with Crippen molar-refractivity contribution in [1.82, 2.24) is 20.3 Å². The Balaban J connectivity index is 1.64. The quantitative estimate of drug-likeness (QED) is 0.444. The molecule has 31 heavy (non-hydrogen) atoms. The van der Waals surface area contributed by atoms with Gasteiger partial charge in [0.1, 0.15) is 17.5 Å². The number of aromatic nitrogens is 3. The molecule has 0 spiro atoms. The van der Waals surface area contributed by atoms with Crippen molar-refractivity contribution in [3.63, 3.8) is 0 Å². The number of halogens is 2. The number of fused-ring (bicyclic) bond motifs is 1. The van der Waals surface area contributed by atoms with Crippen LogP contribution in [0.4, 0.5) is 8.78 Å². The third-order valence-electron chi connectivity index (χ3n) is 5.03. The largest absolute Gasteiger partial charge is 0.361 e. The Kier molecular flexibility index (Phi) is 5.62. The number of nitrogens with zero attached hydrogens (tertiary/aromatic N) is 1. The molecule has 0 radical (unpaired) electrons. The monoisotopic (exact) mass is 422 g/mol. The standard InChI is InChI=1S/C23H20F2N4O2/c1-13-27-21(11-23(31)28-13)20(9-15-12-26-19-5-3-2-4-17(15)19)29-22(30)10-14-8-16(24)6-7-18(14)25/h2-8,11-12,20,26H,9-10H2,1H3,(H,29,30)(H,27,28,31)/t20-/m0/s1. The fraction of sp³-hybridized carbons (Fsp3) is 0.174. The molecular weight excluding hydrogens is 402 g/mol. The van der Waals surface area contributed by atoms with Gasteiger partial charge in [0.25, 0.3) is 5.56 Å². The lowest BCUT2D eigenvalue weighted by molar-refractivity contribution is -0.121. The lowest BCUT2D eigenvalue weighted by Gasteiger charge is -2.19.